The normalized spacial score (nSPS) is 11.2. The minimum atomic E-state index is -1.30. The number of nitriles is 1. The zero-order valence-electron chi connectivity index (χ0n) is 13.0. The van der Waals surface area contributed by atoms with Crippen LogP contribution in [-0.2, 0) is 4.79 Å². The molecule has 2 rings (SSSR count). The molecule has 6 nitrogen and oxygen atoms in total. The van der Waals surface area contributed by atoms with Crippen LogP contribution in [0.3, 0.4) is 0 Å². The molecule has 24 heavy (non-hydrogen) atoms. The number of nitrogens with one attached hydrogen (secondary N) is 1. The van der Waals surface area contributed by atoms with Gasteiger partial charge in [0.2, 0.25) is 0 Å². The molecule has 0 aliphatic heterocycles. The Hall–Kier alpha value is -2.72. The fraction of sp³-hybridized carbons (Fsp3) is 0.176. The van der Waals surface area contributed by atoms with E-state index in [1.807, 2.05) is 6.07 Å². The van der Waals surface area contributed by atoms with Crippen molar-refractivity contribution in [1.29, 1.82) is 5.26 Å². The molecule has 1 N–H and O–H groups in total. The number of carboxylic acids is 1. The molecule has 0 bridgehead atoms. The number of nitrogens with zero attached hydrogens (tertiary/aromatic N) is 1. The summed E-state index contributed by atoms with van der Waals surface area (Å²) in [7, 11) is 2.97. The average molecular weight is 390 g/mol. The van der Waals surface area contributed by atoms with E-state index in [2.05, 4.69) is 21.2 Å². The van der Waals surface area contributed by atoms with Crippen molar-refractivity contribution in [1.82, 2.24) is 0 Å². The van der Waals surface area contributed by atoms with Gasteiger partial charge in [-0.15, -0.1) is 0 Å². The first-order chi connectivity index (χ1) is 11.5. The van der Waals surface area contributed by atoms with Crippen molar-refractivity contribution < 1.29 is 19.4 Å². The number of halogens is 1. The van der Waals surface area contributed by atoms with Crippen LogP contribution in [0.1, 0.15) is 17.2 Å². The predicted molar refractivity (Wildman–Crippen MR) is 89.8 cm³/mol. The minimum Gasteiger partial charge on any atom is -0.548 e. The monoisotopic (exact) mass is 389 g/mol. The van der Waals surface area contributed by atoms with E-state index in [-0.39, 0.29) is 0 Å². The van der Waals surface area contributed by atoms with Gasteiger partial charge in [-0.1, -0.05) is 15.9 Å². The predicted octanol–water partition coefficient (Wildman–Crippen LogP) is 2.24. The van der Waals surface area contributed by atoms with Crippen LogP contribution in [0.25, 0.3) is 0 Å². The van der Waals surface area contributed by atoms with Gasteiger partial charge in [-0.3, -0.25) is 0 Å². The largest absolute Gasteiger partial charge is 0.548 e. The molecule has 1 atom stereocenters. The molecule has 0 saturated carbocycles. The van der Waals surface area contributed by atoms with Crippen LogP contribution in [0.15, 0.2) is 40.9 Å². The van der Waals surface area contributed by atoms with E-state index in [9.17, 15) is 9.90 Å². The average Bonchev–Trinajstić information content (AvgIpc) is 2.60. The summed E-state index contributed by atoms with van der Waals surface area (Å²) in [6, 6.07) is 10.5. The molecule has 0 spiro atoms. The molecule has 0 radical (unpaired) electrons. The van der Waals surface area contributed by atoms with Gasteiger partial charge in [-0.05, 0) is 42.0 Å². The first-order valence-corrected chi connectivity index (χ1v) is 7.68. The Morgan fingerprint density at radius 2 is 1.79 bits per heavy atom. The Bertz CT molecular complexity index is 784. The van der Waals surface area contributed by atoms with Crippen molar-refractivity contribution >= 4 is 27.6 Å². The van der Waals surface area contributed by atoms with Gasteiger partial charge in [0.25, 0.3) is 0 Å². The number of rotatable bonds is 6. The zero-order valence-corrected chi connectivity index (χ0v) is 14.6. The zero-order chi connectivity index (χ0) is 17.7. The highest BCUT2D eigenvalue weighted by Crippen LogP contribution is 2.37. The highest BCUT2D eigenvalue weighted by molar-refractivity contribution is 9.10. The molecule has 2 aromatic rings. The van der Waals surface area contributed by atoms with Crippen LogP contribution in [0, 0.1) is 11.3 Å². The Morgan fingerprint density at radius 1 is 1.21 bits per heavy atom. The molecule has 0 aliphatic carbocycles. The summed E-state index contributed by atoms with van der Waals surface area (Å²) in [6.45, 7) is 0. The Balaban J connectivity index is 2.40. The maximum atomic E-state index is 11.6. The SMILES string of the molecule is COc1cc(Br)c(C(Nc2ccc(C#N)cc2)C(=O)[O-])cc1OC. The van der Waals surface area contributed by atoms with Crippen molar-refractivity contribution in [2.45, 2.75) is 6.04 Å². The van der Waals surface area contributed by atoms with Crippen molar-refractivity contribution in [3.05, 3.63) is 52.0 Å². The smallest absolute Gasteiger partial charge is 0.161 e. The summed E-state index contributed by atoms with van der Waals surface area (Å²) in [4.78, 5) is 11.6. The highest BCUT2D eigenvalue weighted by atomic mass is 79.9. The lowest BCUT2D eigenvalue weighted by Crippen LogP contribution is -2.34. The Labute approximate surface area is 147 Å². The molecule has 0 aliphatic rings. The number of ether oxygens (including phenoxy) is 2. The summed E-state index contributed by atoms with van der Waals surface area (Å²) in [5.74, 6) is -0.417. The van der Waals surface area contributed by atoms with E-state index in [0.29, 0.717) is 32.8 Å². The van der Waals surface area contributed by atoms with Crippen LogP contribution >= 0.6 is 15.9 Å². The fourth-order valence-electron chi connectivity index (χ4n) is 2.16. The summed E-state index contributed by atoms with van der Waals surface area (Å²) in [5, 5.41) is 23.3. The lowest BCUT2D eigenvalue weighted by atomic mass is 10.1. The molecule has 124 valence electrons. The summed E-state index contributed by atoms with van der Waals surface area (Å²) < 4.78 is 10.9. The van der Waals surface area contributed by atoms with Crippen LogP contribution in [0.4, 0.5) is 5.69 Å². The maximum absolute atomic E-state index is 11.6. The molecule has 0 saturated heterocycles. The van der Waals surface area contributed by atoms with Crippen LogP contribution < -0.4 is 19.9 Å². The number of methoxy groups -OCH3 is 2. The number of carboxylic acid groups (broad SMARTS) is 1. The summed E-state index contributed by atoms with van der Waals surface area (Å²) in [5.41, 5.74) is 1.46. The summed E-state index contributed by atoms with van der Waals surface area (Å²) in [6.07, 6.45) is 0. The molecule has 0 aromatic heterocycles. The van der Waals surface area contributed by atoms with Gasteiger partial charge in [-0.25, -0.2) is 0 Å². The maximum Gasteiger partial charge on any atom is 0.161 e. The van der Waals surface area contributed by atoms with Gasteiger partial charge in [0, 0.05) is 10.2 Å². The molecular formula is C17H14BrN2O4-. The molecule has 0 heterocycles. The number of carbonyl (C=O) groups excluding carboxylic acids is 1. The van der Waals surface area contributed by atoms with Gasteiger partial charge in [0.1, 0.15) is 0 Å². The van der Waals surface area contributed by atoms with E-state index in [0.717, 1.165) is 0 Å². The van der Waals surface area contributed by atoms with Crippen molar-refractivity contribution in [2.75, 3.05) is 19.5 Å². The number of aliphatic carboxylic acids is 1. The molecule has 0 amide bonds. The van der Waals surface area contributed by atoms with Gasteiger partial charge < -0.3 is 24.7 Å². The second-order valence-corrected chi connectivity index (χ2v) is 5.67. The van der Waals surface area contributed by atoms with Gasteiger partial charge in [0.15, 0.2) is 11.5 Å². The molecule has 7 heteroatoms. The highest BCUT2D eigenvalue weighted by Gasteiger charge is 2.19. The second-order valence-electron chi connectivity index (χ2n) is 4.81. The quantitative estimate of drug-likeness (QED) is 0.813. The third-order valence-electron chi connectivity index (χ3n) is 3.37. The number of benzene rings is 2. The molecule has 0 fully saturated rings. The third kappa shape index (κ3) is 3.78. The molecule has 1 unspecified atom stereocenters. The van der Waals surface area contributed by atoms with Crippen molar-refractivity contribution in [3.8, 4) is 17.6 Å². The van der Waals surface area contributed by atoms with E-state index in [1.54, 1.807) is 36.4 Å². The number of hydrogen-bond acceptors (Lipinski definition) is 6. The van der Waals surface area contributed by atoms with Crippen molar-refractivity contribution in [2.24, 2.45) is 0 Å². The lowest BCUT2D eigenvalue weighted by Gasteiger charge is -2.23. The number of hydrogen-bond donors (Lipinski definition) is 1. The first kappa shape index (κ1) is 17.6. The Morgan fingerprint density at radius 3 is 2.29 bits per heavy atom. The standard InChI is InChI=1S/C17H15BrN2O4/c1-23-14-7-12(13(18)8-15(14)24-2)16(17(21)22)20-11-5-3-10(9-19)4-6-11/h3-8,16,20H,1-2H3,(H,21,22)/p-1. The molecular weight excluding hydrogens is 376 g/mol. The fourth-order valence-corrected chi connectivity index (χ4v) is 2.71. The van der Waals surface area contributed by atoms with Crippen molar-refractivity contribution in [3.63, 3.8) is 0 Å². The van der Waals surface area contributed by atoms with Gasteiger partial charge in [-0.2, -0.15) is 5.26 Å². The minimum absolute atomic E-state index is 0.406. The summed E-state index contributed by atoms with van der Waals surface area (Å²) >= 11 is 3.35. The number of anilines is 1. The van der Waals surface area contributed by atoms with E-state index < -0.39 is 12.0 Å². The van der Waals surface area contributed by atoms with Crippen LogP contribution in [0.5, 0.6) is 11.5 Å². The lowest BCUT2D eigenvalue weighted by molar-refractivity contribution is -0.307. The number of carbonyl (C=O) groups is 1. The van der Waals surface area contributed by atoms with E-state index >= 15 is 0 Å². The first-order valence-electron chi connectivity index (χ1n) is 6.89. The topological polar surface area (TPSA) is 94.4 Å². The van der Waals surface area contributed by atoms with Gasteiger partial charge in [0.05, 0.1) is 37.9 Å². The van der Waals surface area contributed by atoms with E-state index in [4.69, 9.17) is 14.7 Å². The van der Waals surface area contributed by atoms with E-state index in [1.165, 1.54) is 14.2 Å². The second kappa shape index (κ2) is 7.70. The Kier molecular flexibility index (Phi) is 5.66. The van der Waals surface area contributed by atoms with Crippen LogP contribution in [-0.4, -0.2) is 20.2 Å². The van der Waals surface area contributed by atoms with Crippen LogP contribution in [0.2, 0.25) is 0 Å². The third-order valence-corrected chi connectivity index (χ3v) is 4.06. The van der Waals surface area contributed by atoms with Gasteiger partial charge >= 0.3 is 0 Å². The molecule has 2 aromatic carbocycles.